The van der Waals surface area contributed by atoms with Gasteiger partial charge in [0.25, 0.3) is 0 Å². The van der Waals surface area contributed by atoms with Crippen LogP contribution in [0.15, 0.2) is 30.4 Å². The van der Waals surface area contributed by atoms with Crippen LogP contribution in [0.3, 0.4) is 0 Å². The van der Waals surface area contributed by atoms with Gasteiger partial charge in [0.2, 0.25) is 23.6 Å². The number of hydrogen-bond donors (Lipinski definition) is 2. The van der Waals surface area contributed by atoms with Gasteiger partial charge in [0, 0.05) is 25.7 Å². The summed E-state index contributed by atoms with van der Waals surface area (Å²) in [6, 6.07) is 5.80. The Labute approximate surface area is 208 Å². The summed E-state index contributed by atoms with van der Waals surface area (Å²) >= 11 is 0. The number of primary amides is 1. The molecule has 0 saturated carbocycles. The van der Waals surface area contributed by atoms with E-state index < -0.39 is 11.8 Å². The van der Waals surface area contributed by atoms with Crippen LogP contribution < -0.4 is 16.4 Å². The van der Waals surface area contributed by atoms with E-state index in [1.165, 1.54) is 32.8 Å². The smallest absolute Gasteiger partial charge is 0.247 e. The van der Waals surface area contributed by atoms with Gasteiger partial charge in [-0.25, -0.2) is 0 Å². The Bertz CT molecular complexity index is 930. The largest absolute Gasteiger partial charge is 0.368 e. The molecule has 0 aromatic heterocycles. The predicted molar refractivity (Wildman–Crippen MR) is 137 cm³/mol. The molecule has 0 spiro atoms. The number of anilines is 1. The Kier molecular flexibility index (Phi) is 11.4. The third-order valence-corrected chi connectivity index (χ3v) is 6.07. The molecule has 35 heavy (non-hydrogen) atoms. The zero-order chi connectivity index (χ0) is 25.8. The number of carbonyl (C=O) groups excluding carboxylic acids is 4. The molecule has 0 unspecified atom stereocenters. The van der Waals surface area contributed by atoms with E-state index in [-0.39, 0.29) is 38.0 Å². The Morgan fingerprint density at radius 2 is 1.69 bits per heavy atom. The number of unbranched alkanes of at least 4 members (excludes halogenated alkanes) is 1. The van der Waals surface area contributed by atoms with Crippen molar-refractivity contribution in [1.82, 2.24) is 9.80 Å². The molecule has 1 aliphatic rings. The molecule has 0 bridgehead atoms. The van der Waals surface area contributed by atoms with Crippen LogP contribution >= 0.6 is 0 Å². The first-order valence-corrected chi connectivity index (χ1v) is 12.4. The van der Waals surface area contributed by atoms with Crippen molar-refractivity contribution in [2.24, 2.45) is 11.5 Å². The van der Waals surface area contributed by atoms with E-state index in [1.54, 1.807) is 6.08 Å². The second kappa shape index (κ2) is 14.3. The Hall–Kier alpha value is -3.20. The fourth-order valence-electron chi connectivity index (χ4n) is 4.14. The minimum absolute atomic E-state index is 0.143. The van der Waals surface area contributed by atoms with Gasteiger partial charge in [-0.2, -0.15) is 0 Å². The quantitative estimate of drug-likeness (QED) is 0.304. The number of rotatable bonds is 14. The number of fused-ring (bicyclic) bond motifs is 1. The van der Waals surface area contributed by atoms with Crippen LogP contribution in [-0.2, 0) is 32.0 Å². The van der Waals surface area contributed by atoms with Gasteiger partial charge in [0.15, 0.2) is 0 Å². The third-order valence-electron chi connectivity index (χ3n) is 6.07. The summed E-state index contributed by atoms with van der Waals surface area (Å²) in [6.45, 7) is 3.92. The highest BCUT2D eigenvalue weighted by Crippen LogP contribution is 2.27. The third kappa shape index (κ3) is 8.83. The normalized spacial score (nSPS) is 12.4. The van der Waals surface area contributed by atoms with Gasteiger partial charge in [-0.1, -0.05) is 25.1 Å². The first-order chi connectivity index (χ1) is 16.8. The van der Waals surface area contributed by atoms with Crippen molar-refractivity contribution in [2.75, 3.05) is 44.2 Å². The van der Waals surface area contributed by atoms with Gasteiger partial charge in [-0.3, -0.25) is 19.2 Å². The minimum atomic E-state index is -0.624. The average Bonchev–Trinajstić information content (AvgIpc) is 3.28. The maximum Gasteiger partial charge on any atom is 0.247 e. The monoisotopic (exact) mass is 485 g/mol. The lowest BCUT2D eigenvalue weighted by Gasteiger charge is -2.29. The molecule has 0 fully saturated rings. The van der Waals surface area contributed by atoms with Gasteiger partial charge in [-0.15, -0.1) is 0 Å². The van der Waals surface area contributed by atoms with Crippen LogP contribution in [0.25, 0.3) is 0 Å². The van der Waals surface area contributed by atoms with Crippen LogP contribution in [0.4, 0.5) is 5.69 Å². The van der Waals surface area contributed by atoms with Crippen molar-refractivity contribution in [1.29, 1.82) is 0 Å². The molecule has 4 N–H and O–H groups in total. The fraction of sp³-hybridized carbons (Fsp3) is 0.538. The lowest BCUT2D eigenvalue weighted by molar-refractivity contribution is -0.135. The molecule has 4 amide bonds. The first kappa shape index (κ1) is 28.0. The molecule has 0 heterocycles. The Morgan fingerprint density at radius 3 is 2.34 bits per heavy atom. The second-order valence-corrected chi connectivity index (χ2v) is 8.84. The highest BCUT2D eigenvalue weighted by atomic mass is 16.2. The summed E-state index contributed by atoms with van der Waals surface area (Å²) in [6.07, 6.45) is 8.92. The van der Waals surface area contributed by atoms with Crippen molar-refractivity contribution in [2.45, 2.75) is 52.4 Å². The molecule has 0 radical (unpaired) electrons. The minimum Gasteiger partial charge on any atom is -0.368 e. The molecular weight excluding hydrogens is 446 g/mol. The highest BCUT2D eigenvalue weighted by molar-refractivity contribution is 6.01. The van der Waals surface area contributed by atoms with E-state index in [2.05, 4.69) is 0 Å². The molecule has 2 rings (SSSR count). The second-order valence-electron chi connectivity index (χ2n) is 8.84. The maximum atomic E-state index is 13.5. The van der Waals surface area contributed by atoms with Crippen molar-refractivity contribution in [3.05, 3.63) is 41.5 Å². The highest BCUT2D eigenvalue weighted by Gasteiger charge is 2.26. The molecule has 192 valence electrons. The van der Waals surface area contributed by atoms with Gasteiger partial charge in [-0.05, 0) is 68.3 Å². The lowest BCUT2D eigenvalue weighted by atomic mass is 10.1. The molecular formula is C26H39N5O4. The van der Waals surface area contributed by atoms with Crippen molar-refractivity contribution in [3.63, 3.8) is 0 Å². The number of hydrogen-bond acceptors (Lipinski definition) is 5. The van der Waals surface area contributed by atoms with E-state index in [0.29, 0.717) is 25.2 Å². The van der Waals surface area contributed by atoms with E-state index >= 15 is 0 Å². The summed E-state index contributed by atoms with van der Waals surface area (Å²) in [7, 11) is 0. The van der Waals surface area contributed by atoms with Gasteiger partial charge < -0.3 is 26.2 Å². The zero-order valence-corrected chi connectivity index (χ0v) is 21.0. The van der Waals surface area contributed by atoms with Crippen LogP contribution in [0.1, 0.15) is 50.7 Å². The standard InChI is InChI=1S/C26H39N5O4/c1-3-4-6-15-30(17-24(28)33)25(34)19-31(23-12-11-21-9-8-10-22(21)16-23)26(35)18-29(20(2)32)14-7-5-13-27/h4,6,11-12,16H,3,5,7-10,13-15,17-19,27H2,1-2H3,(H2,28,33)/b6-4+. The number of carbonyl (C=O) groups is 4. The maximum absolute atomic E-state index is 13.5. The zero-order valence-electron chi connectivity index (χ0n) is 21.0. The van der Waals surface area contributed by atoms with Crippen LogP contribution in [0, 0.1) is 0 Å². The molecule has 1 aromatic rings. The summed E-state index contributed by atoms with van der Waals surface area (Å²) in [5.41, 5.74) is 14.0. The number of allylic oxidation sites excluding steroid dienone is 1. The molecule has 9 nitrogen and oxygen atoms in total. The number of aryl methyl sites for hydroxylation is 2. The van der Waals surface area contributed by atoms with Crippen molar-refractivity contribution >= 4 is 29.3 Å². The summed E-state index contributed by atoms with van der Waals surface area (Å²) in [5.74, 6) is -1.59. The number of nitrogens with two attached hydrogens (primary N) is 2. The van der Waals surface area contributed by atoms with E-state index in [9.17, 15) is 19.2 Å². The molecule has 0 aliphatic heterocycles. The fourth-order valence-corrected chi connectivity index (χ4v) is 4.14. The molecule has 1 aromatic carbocycles. The van der Waals surface area contributed by atoms with Gasteiger partial charge in [0.05, 0.1) is 6.54 Å². The molecule has 9 heteroatoms. The molecule has 0 saturated heterocycles. The number of amides is 4. The SMILES string of the molecule is CC/C=C/CN(CC(N)=O)C(=O)CN(C(=O)CN(CCCCN)C(C)=O)c1ccc2c(c1)CCC2. The van der Waals surface area contributed by atoms with E-state index in [0.717, 1.165) is 32.1 Å². The molecule has 0 atom stereocenters. The van der Waals surface area contributed by atoms with Crippen LogP contribution in [0.5, 0.6) is 0 Å². The van der Waals surface area contributed by atoms with Crippen LogP contribution in [0.2, 0.25) is 0 Å². The molecule has 1 aliphatic carbocycles. The lowest BCUT2D eigenvalue weighted by Crippen LogP contribution is -2.49. The topological polar surface area (TPSA) is 130 Å². The predicted octanol–water partition coefficient (Wildman–Crippen LogP) is 1.38. The van der Waals surface area contributed by atoms with E-state index in [4.69, 9.17) is 11.5 Å². The Morgan fingerprint density at radius 1 is 0.943 bits per heavy atom. The number of benzene rings is 1. The van der Waals surface area contributed by atoms with Gasteiger partial charge >= 0.3 is 0 Å². The van der Waals surface area contributed by atoms with E-state index in [1.807, 2.05) is 31.2 Å². The summed E-state index contributed by atoms with van der Waals surface area (Å²) in [5, 5.41) is 0. The first-order valence-electron chi connectivity index (χ1n) is 12.4. The van der Waals surface area contributed by atoms with Crippen molar-refractivity contribution < 1.29 is 19.2 Å². The van der Waals surface area contributed by atoms with Gasteiger partial charge in [0.1, 0.15) is 13.1 Å². The van der Waals surface area contributed by atoms with Crippen LogP contribution in [-0.4, -0.2) is 72.7 Å². The van der Waals surface area contributed by atoms with Crippen molar-refractivity contribution in [3.8, 4) is 0 Å². The average molecular weight is 486 g/mol. The number of nitrogens with zero attached hydrogens (tertiary/aromatic N) is 3. The Balaban J connectivity index is 2.29. The summed E-state index contributed by atoms with van der Waals surface area (Å²) < 4.78 is 0. The summed E-state index contributed by atoms with van der Waals surface area (Å²) in [4.78, 5) is 54.7.